The van der Waals surface area contributed by atoms with Gasteiger partial charge in [0.1, 0.15) is 6.10 Å². The smallest absolute Gasteiger partial charge is 0.306 e. The van der Waals surface area contributed by atoms with Crippen LogP contribution >= 0.6 is 0 Å². The Morgan fingerprint density at radius 1 is 0.455 bits per heavy atom. The molecule has 6 nitrogen and oxygen atoms in total. The summed E-state index contributed by atoms with van der Waals surface area (Å²) in [6, 6.07) is -0.702. The minimum absolute atomic E-state index is 0.0739. The molecule has 0 radical (unpaired) electrons. The third-order valence-corrected chi connectivity index (χ3v) is 13.8. The molecular formula is C60H115NO5. The molecule has 0 fully saturated rings. The minimum Gasteiger partial charge on any atom is -0.462 e. The van der Waals surface area contributed by atoms with Crippen LogP contribution in [0.5, 0.6) is 0 Å². The first-order valence-corrected chi connectivity index (χ1v) is 29.6. The Hall–Kier alpha value is -1.66. The second-order valence-corrected chi connectivity index (χ2v) is 20.4. The van der Waals surface area contributed by atoms with Crippen LogP contribution < -0.4 is 5.32 Å². The van der Waals surface area contributed by atoms with Gasteiger partial charge in [0, 0.05) is 6.42 Å². The largest absolute Gasteiger partial charge is 0.462 e. The molecule has 6 heteroatoms. The van der Waals surface area contributed by atoms with Gasteiger partial charge in [0.15, 0.2) is 0 Å². The van der Waals surface area contributed by atoms with Crippen LogP contribution in [0, 0.1) is 0 Å². The minimum atomic E-state index is -0.788. The van der Waals surface area contributed by atoms with Gasteiger partial charge in [0.05, 0.1) is 25.2 Å². The van der Waals surface area contributed by atoms with Crippen molar-refractivity contribution in [2.75, 3.05) is 6.61 Å². The third-order valence-electron chi connectivity index (χ3n) is 13.8. The van der Waals surface area contributed by atoms with Crippen molar-refractivity contribution in [3.05, 3.63) is 24.3 Å². The van der Waals surface area contributed by atoms with Gasteiger partial charge in [-0.3, -0.25) is 9.59 Å². The molecule has 0 aliphatic carbocycles. The van der Waals surface area contributed by atoms with Gasteiger partial charge < -0.3 is 20.3 Å². The van der Waals surface area contributed by atoms with Crippen molar-refractivity contribution in [2.45, 2.75) is 341 Å². The number of aliphatic hydroxyl groups excluding tert-OH is 2. The second-order valence-electron chi connectivity index (χ2n) is 20.4. The van der Waals surface area contributed by atoms with Gasteiger partial charge in [-0.15, -0.1) is 0 Å². The standard InChI is InChI=1S/C60H115NO5/c1-4-7-10-13-16-19-22-25-27-29-30-31-33-35-38-41-44-47-50-53-60(65)66-56(51-48-45-42-39-36-24-21-18-15-12-9-6-3)54-59(64)61-57(55-62)58(63)52-49-46-43-40-37-34-32-28-26-23-20-17-14-11-8-5-2/h9,12,18,21,56-58,62-63H,4-8,10-11,13-17,19-20,22-55H2,1-3H3,(H,61,64)/b12-9+,21-18+. The Bertz CT molecular complexity index is 1040. The zero-order valence-electron chi connectivity index (χ0n) is 44.6. The van der Waals surface area contributed by atoms with E-state index >= 15 is 0 Å². The number of unbranched alkanes of at least 4 members (excludes halogenated alkanes) is 38. The summed E-state index contributed by atoms with van der Waals surface area (Å²) in [7, 11) is 0. The average Bonchev–Trinajstić information content (AvgIpc) is 3.31. The van der Waals surface area contributed by atoms with E-state index in [1.807, 2.05) is 0 Å². The zero-order chi connectivity index (χ0) is 48.1. The van der Waals surface area contributed by atoms with Crippen molar-refractivity contribution in [3.8, 4) is 0 Å². The van der Waals surface area contributed by atoms with Crippen LogP contribution in [0.25, 0.3) is 0 Å². The molecule has 0 heterocycles. The van der Waals surface area contributed by atoms with E-state index in [0.29, 0.717) is 19.3 Å². The van der Waals surface area contributed by atoms with Gasteiger partial charge in [-0.05, 0) is 51.4 Å². The van der Waals surface area contributed by atoms with Crippen molar-refractivity contribution in [1.29, 1.82) is 0 Å². The lowest BCUT2D eigenvalue weighted by atomic mass is 10.0. The van der Waals surface area contributed by atoms with E-state index < -0.39 is 18.2 Å². The number of nitrogens with one attached hydrogen (secondary N) is 1. The first kappa shape index (κ1) is 64.3. The highest BCUT2D eigenvalue weighted by molar-refractivity contribution is 5.77. The molecule has 3 unspecified atom stereocenters. The fourth-order valence-corrected chi connectivity index (χ4v) is 9.35. The first-order valence-electron chi connectivity index (χ1n) is 29.6. The van der Waals surface area contributed by atoms with Crippen LogP contribution in [0.1, 0.15) is 323 Å². The van der Waals surface area contributed by atoms with Crippen molar-refractivity contribution in [2.24, 2.45) is 0 Å². The fraction of sp³-hybridized carbons (Fsp3) is 0.900. The molecule has 0 saturated heterocycles. The Kier molecular flexibility index (Phi) is 52.9. The van der Waals surface area contributed by atoms with E-state index in [0.717, 1.165) is 70.6 Å². The van der Waals surface area contributed by atoms with Gasteiger partial charge in [-0.25, -0.2) is 0 Å². The topological polar surface area (TPSA) is 95.9 Å². The molecule has 3 N–H and O–H groups in total. The van der Waals surface area contributed by atoms with Crippen molar-refractivity contribution in [3.63, 3.8) is 0 Å². The molecule has 0 aliphatic heterocycles. The zero-order valence-corrected chi connectivity index (χ0v) is 44.6. The van der Waals surface area contributed by atoms with E-state index in [1.54, 1.807) is 0 Å². The van der Waals surface area contributed by atoms with Gasteiger partial charge in [0.25, 0.3) is 0 Å². The van der Waals surface area contributed by atoms with E-state index in [4.69, 9.17) is 4.74 Å². The number of hydrogen-bond acceptors (Lipinski definition) is 5. The SMILES string of the molecule is CC/C=C/C/C=C/CCCCCCCC(CC(=O)NC(CO)C(O)CCCCCCCCCCCCCCCCCC)OC(=O)CCCCCCCCCCCCCCCCCCCCC. The Morgan fingerprint density at radius 3 is 1.23 bits per heavy atom. The molecule has 1 amide bonds. The highest BCUT2D eigenvalue weighted by Crippen LogP contribution is 2.19. The summed E-state index contributed by atoms with van der Waals surface area (Å²) in [4.78, 5) is 26.3. The quantitative estimate of drug-likeness (QED) is 0.0321. The predicted molar refractivity (Wildman–Crippen MR) is 287 cm³/mol. The van der Waals surface area contributed by atoms with Gasteiger partial charge in [-0.1, -0.05) is 283 Å². The van der Waals surface area contributed by atoms with Gasteiger partial charge in [0.2, 0.25) is 5.91 Å². The van der Waals surface area contributed by atoms with Crippen LogP contribution in [-0.2, 0) is 14.3 Å². The molecule has 390 valence electrons. The van der Waals surface area contributed by atoms with E-state index in [9.17, 15) is 19.8 Å². The van der Waals surface area contributed by atoms with Crippen molar-refractivity contribution in [1.82, 2.24) is 5.32 Å². The highest BCUT2D eigenvalue weighted by Gasteiger charge is 2.24. The second kappa shape index (κ2) is 54.3. The molecule has 0 aromatic carbocycles. The maximum atomic E-state index is 13.3. The molecular weight excluding hydrogens is 815 g/mol. The summed E-state index contributed by atoms with van der Waals surface area (Å²) < 4.78 is 5.96. The molecule has 0 bridgehead atoms. The van der Waals surface area contributed by atoms with Crippen LogP contribution in [0.15, 0.2) is 24.3 Å². The molecule has 0 spiro atoms. The van der Waals surface area contributed by atoms with Crippen molar-refractivity contribution >= 4 is 11.9 Å². The molecule has 0 rings (SSSR count). The number of amides is 1. The lowest BCUT2D eigenvalue weighted by Gasteiger charge is -2.24. The molecule has 3 atom stereocenters. The predicted octanol–water partition coefficient (Wildman–Crippen LogP) is 18.2. The number of hydrogen-bond donors (Lipinski definition) is 3. The van der Waals surface area contributed by atoms with Gasteiger partial charge >= 0.3 is 5.97 Å². The molecule has 0 aliphatic rings. The summed E-state index contributed by atoms with van der Waals surface area (Å²) in [6.07, 6.45) is 64.0. The van der Waals surface area contributed by atoms with E-state index in [-0.39, 0.29) is 24.9 Å². The molecule has 66 heavy (non-hydrogen) atoms. The Morgan fingerprint density at radius 2 is 0.818 bits per heavy atom. The number of aliphatic hydroxyl groups is 2. The average molecular weight is 931 g/mol. The van der Waals surface area contributed by atoms with E-state index in [1.165, 1.54) is 205 Å². The molecule has 0 aromatic rings. The third kappa shape index (κ3) is 48.8. The summed E-state index contributed by atoms with van der Waals surface area (Å²) in [5.41, 5.74) is 0. The Balaban J connectivity index is 4.43. The van der Waals surface area contributed by atoms with Gasteiger partial charge in [-0.2, -0.15) is 0 Å². The lowest BCUT2D eigenvalue weighted by Crippen LogP contribution is -2.46. The van der Waals surface area contributed by atoms with Crippen LogP contribution in [0.3, 0.4) is 0 Å². The first-order chi connectivity index (χ1) is 32.5. The van der Waals surface area contributed by atoms with Crippen LogP contribution in [-0.4, -0.2) is 46.9 Å². The number of ether oxygens (including phenoxy) is 1. The summed E-state index contributed by atoms with van der Waals surface area (Å²) in [5.74, 6) is -0.468. The highest BCUT2D eigenvalue weighted by atomic mass is 16.5. The molecule has 0 saturated carbocycles. The normalized spacial score (nSPS) is 13.2. The summed E-state index contributed by atoms with van der Waals surface area (Å²) in [5, 5.41) is 23.9. The number of esters is 1. The van der Waals surface area contributed by atoms with Crippen molar-refractivity contribution < 1.29 is 24.5 Å². The number of allylic oxidation sites excluding steroid dienone is 4. The fourth-order valence-electron chi connectivity index (χ4n) is 9.35. The number of carbonyl (C=O) groups is 2. The lowest BCUT2D eigenvalue weighted by molar-refractivity contribution is -0.151. The maximum absolute atomic E-state index is 13.3. The maximum Gasteiger partial charge on any atom is 0.306 e. The molecule has 0 aromatic heterocycles. The Labute approximate surface area is 411 Å². The number of rotatable bonds is 54. The van der Waals surface area contributed by atoms with Crippen LogP contribution in [0.4, 0.5) is 0 Å². The van der Waals surface area contributed by atoms with Crippen LogP contribution in [0.2, 0.25) is 0 Å². The summed E-state index contributed by atoms with van der Waals surface area (Å²) in [6.45, 7) is 6.42. The number of carbonyl (C=O) groups excluding carboxylic acids is 2. The monoisotopic (exact) mass is 930 g/mol. The summed E-state index contributed by atoms with van der Waals surface area (Å²) >= 11 is 0. The van der Waals surface area contributed by atoms with E-state index in [2.05, 4.69) is 50.4 Å².